The Kier molecular flexibility index (Phi) is 10.2. The van der Waals surface area contributed by atoms with Crippen LogP contribution in [0.5, 0.6) is 11.5 Å². The second kappa shape index (κ2) is 14.2. The standard InChI is InChI=1S/C30H32N4O5S/c1-38-22-14-15-25(26(19-22)39-2)32-28(36)20-40-30-33-24-12-7-6-11-23(24)29(37)34(30)18-8-13-27(35)31-17-16-21-9-4-3-5-10-21/h3-7,9-12,14-15,19H,8,13,16-18,20H2,1-2H3,(H,31,35)(H,32,36). The fourth-order valence-corrected chi connectivity index (χ4v) is 4.98. The smallest absolute Gasteiger partial charge is 0.262 e. The lowest BCUT2D eigenvalue weighted by atomic mass is 10.1. The lowest BCUT2D eigenvalue weighted by molar-refractivity contribution is -0.121. The number of rotatable bonds is 13. The van der Waals surface area contributed by atoms with E-state index in [1.807, 2.05) is 36.4 Å². The third-order valence-corrected chi connectivity index (χ3v) is 7.18. The van der Waals surface area contributed by atoms with Gasteiger partial charge < -0.3 is 20.1 Å². The molecular weight excluding hydrogens is 528 g/mol. The summed E-state index contributed by atoms with van der Waals surface area (Å²) in [5.41, 5.74) is 2.03. The lowest BCUT2D eigenvalue weighted by Gasteiger charge is -2.14. The van der Waals surface area contributed by atoms with Crippen molar-refractivity contribution in [3.63, 3.8) is 0 Å². The third kappa shape index (κ3) is 7.63. The van der Waals surface area contributed by atoms with Crippen LogP contribution in [0.1, 0.15) is 18.4 Å². The first-order chi connectivity index (χ1) is 19.5. The van der Waals surface area contributed by atoms with Gasteiger partial charge in [-0.25, -0.2) is 4.98 Å². The summed E-state index contributed by atoms with van der Waals surface area (Å²) in [5, 5.41) is 6.69. The molecule has 0 aliphatic heterocycles. The molecule has 1 aromatic heterocycles. The Morgan fingerprint density at radius 2 is 1.73 bits per heavy atom. The summed E-state index contributed by atoms with van der Waals surface area (Å²) in [4.78, 5) is 43.2. The highest BCUT2D eigenvalue weighted by Crippen LogP contribution is 2.29. The fraction of sp³-hybridized carbons (Fsp3) is 0.267. The van der Waals surface area contributed by atoms with Crippen LogP contribution >= 0.6 is 11.8 Å². The van der Waals surface area contributed by atoms with Crippen LogP contribution in [0.3, 0.4) is 0 Å². The number of carbonyl (C=O) groups is 2. The van der Waals surface area contributed by atoms with Crippen molar-refractivity contribution in [2.45, 2.75) is 31.0 Å². The zero-order valence-corrected chi connectivity index (χ0v) is 23.3. The van der Waals surface area contributed by atoms with Crippen molar-refractivity contribution >= 4 is 40.2 Å². The van der Waals surface area contributed by atoms with Crippen molar-refractivity contribution in [3.05, 3.63) is 88.7 Å². The molecule has 0 spiro atoms. The number of methoxy groups -OCH3 is 2. The predicted molar refractivity (Wildman–Crippen MR) is 157 cm³/mol. The number of aromatic nitrogens is 2. The van der Waals surface area contributed by atoms with E-state index < -0.39 is 0 Å². The van der Waals surface area contributed by atoms with Gasteiger partial charge in [0.2, 0.25) is 11.8 Å². The number of hydrogen-bond donors (Lipinski definition) is 2. The first-order valence-corrected chi connectivity index (χ1v) is 13.9. The molecule has 2 N–H and O–H groups in total. The fourth-order valence-electron chi connectivity index (χ4n) is 4.15. The van der Waals surface area contributed by atoms with Crippen LogP contribution < -0.4 is 25.7 Å². The molecule has 0 bridgehead atoms. The van der Waals surface area contributed by atoms with Gasteiger partial charge in [-0.05, 0) is 42.7 Å². The van der Waals surface area contributed by atoms with Crippen LogP contribution in [0, 0.1) is 0 Å². The van der Waals surface area contributed by atoms with E-state index in [1.165, 1.54) is 18.9 Å². The topological polar surface area (TPSA) is 112 Å². The van der Waals surface area contributed by atoms with Crippen molar-refractivity contribution < 1.29 is 19.1 Å². The molecule has 4 aromatic rings. The molecule has 0 atom stereocenters. The Balaban J connectivity index is 1.39. The van der Waals surface area contributed by atoms with Crippen molar-refractivity contribution in [1.29, 1.82) is 0 Å². The molecule has 0 fully saturated rings. The van der Waals surface area contributed by atoms with Gasteiger partial charge in [-0.15, -0.1) is 0 Å². The minimum Gasteiger partial charge on any atom is -0.497 e. The van der Waals surface area contributed by atoms with Gasteiger partial charge in [-0.2, -0.15) is 0 Å². The van der Waals surface area contributed by atoms with E-state index in [0.29, 0.717) is 52.8 Å². The zero-order valence-electron chi connectivity index (χ0n) is 22.5. The van der Waals surface area contributed by atoms with E-state index in [9.17, 15) is 14.4 Å². The molecule has 0 saturated heterocycles. The lowest BCUT2D eigenvalue weighted by Crippen LogP contribution is -2.27. The molecular formula is C30H32N4O5S. The summed E-state index contributed by atoms with van der Waals surface area (Å²) in [5.74, 6) is 0.763. The SMILES string of the molecule is COc1ccc(NC(=O)CSc2nc3ccccc3c(=O)n2CCCC(=O)NCCc2ccccc2)c(OC)c1. The number of benzene rings is 3. The minimum atomic E-state index is -0.278. The average Bonchev–Trinajstić information content (AvgIpc) is 2.98. The number of nitrogens with zero attached hydrogens (tertiary/aromatic N) is 2. The predicted octanol–water partition coefficient (Wildman–Crippen LogP) is 4.28. The van der Waals surface area contributed by atoms with E-state index in [2.05, 4.69) is 15.6 Å². The molecule has 0 aliphatic rings. The van der Waals surface area contributed by atoms with Gasteiger partial charge in [0.15, 0.2) is 5.16 Å². The summed E-state index contributed by atoms with van der Waals surface area (Å²) in [6.45, 7) is 0.856. The zero-order chi connectivity index (χ0) is 28.3. The van der Waals surface area contributed by atoms with Crippen molar-refractivity contribution in [3.8, 4) is 11.5 Å². The van der Waals surface area contributed by atoms with E-state index in [4.69, 9.17) is 9.47 Å². The average molecular weight is 561 g/mol. The molecule has 0 radical (unpaired) electrons. The number of nitrogens with one attached hydrogen (secondary N) is 2. The first kappa shape index (κ1) is 28.7. The summed E-state index contributed by atoms with van der Waals surface area (Å²) < 4.78 is 12.1. The Morgan fingerprint density at radius 1 is 0.950 bits per heavy atom. The van der Waals surface area contributed by atoms with Gasteiger partial charge in [0.1, 0.15) is 11.5 Å². The summed E-state index contributed by atoms with van der Waals surface area (Å²) >= 11 is 1.17. The van der Waals surface area contributed by atoms with Gasteiger partial charge in [-0.3, -0.25) is 19.0 Å². The highest BCUT2D eigenvalue weighted by atomic mass is 32.2. The van der Waals surface area contributed by atoms with Crippen LogP contribution in [-0.2, 0) is 22.6 Å². The number of amides is 2. The normalized spacial score (nSPS) is 10.8. The van der Waals surface area contributed by atoms with Crippen LogP contribution in [0.2, 0.25) is 0 Å². The third-order valence-electron chi connectivity index (χ3n) is 6.21. The number of thioether (sulfide) groups is 1. The molecule has 3 aromatic carbocycles. The number of fused-ring (bicyclic) bond motifs is 1. The van der Waals surface area contributed by atoms with Crippen LogP contribution in [0.25, 0.3) is 10.9 Å². The van der Waals surface area contributed by atoms with Crippen LogP contribution in [-0.4, -0.2) is 47.9 Å². The summed E-state index contributed by atoms with van der Waals surface area (Å²) in [7, 11) is 3.07. The van der Waals surface area contributed by atoms with Gasteiger partial charge in [0, 0.05) is 25.6 Å². The highest BCUT2D eigenvalue weighted by Gasteiger charge is 2.15. The number of ether oxygens (including phenoxy) is 2. The van der Waals surface area contributed by atoms with Crippen LogP contribution in [0.15, 0.2) is 82.7 Å². The first-order valence-electron chi connectivity index (χ1n) is 12.9. The van der Waals surface area contributed by atoms with E-state index in [0.717, 1.165) is 12.0 Å². The van der Waals surface area contributed by atoms with E-state index in [1.54, 1.807) is 48.1 Å². The Labute approximate surface area is 236 Å². The molecule has 2 amide bonds. The van der Waals surface area contributed by atoms with E-state index >= 15 is 0 Å². The molecule has 4 rings (SSSR count). The van der Waals surface area contributed by atoms with Gasteiger partial charge in [0.05, 0.1) is 36.6 Å². The van der Waals surface area contributed by atoms with E-state index in [-0.39, 0.29) is 29.5 Å². The van der Waals surface area contributed by atoms with Crippen molar-refractivity contribution in [2.75, 3.05) is 31.8 Å². The number of carbonyl (C=O) groups excluding carboxylic acids is 2. The Morgan fingerprint density at radius 3 is 2.50 bits per heavy atom. The Hall–Kier alpha value is -4.31. The summed E-state index contributed by atoms with van der Waals surface area (Å²) in [6.07, 6.45) is 1.49. The molecule has 10 heteroatoms. The number of hydrogen-bond acceptors (Lipinski definition) is 7. The van der Waals surface area contributed by atoms with Gasteiger partial charge in [0.25, 0.3) is 5.56 Å². The molecule has 208 valence electrons. The van der Waals surface area contributed by atoms with Gasteiger partial charge in [-0.1, -0.05) is 54.2 Å². The van der Waals surface area contributed by atoms with Crippen molar-refractivity contribution in [1.82, 2.24) is 14.9 Å². The minimum absolute atomic E-state index is 0.0277. The second-order valence-electron chi connectivity index (χ2n) is 8.96. The molecule has 40 heavy (non-hydrogen) atoms. The monoisotopic (exact) mass is 560 g/mol. The number of anilines is 1. The molecule has 1 heterocycles. The maximum absolute atomic E-state index is 13.3. The molecule has 0 aliphatic carbocycles. The maximum Gasteiger partial charge on any atom is 0.262 e. The molecule has 9 nitrogen and oxygen atoms in total. The molecule has 0 saturated carbocycles. The maximum atomic E-state index is 13.3. The number of para-hydroxylation sites is 1. The van der Waals surface area contributed by atoms with Crippen LogP contribution in [0.4, 0.5) is 5.69 Å². The Bertz CT molecular complexity index is 1520. The summed E-state index contributed by atoms with van der Waals surface area (Å²) in [6, 6.07) is 22.2. The second-order valence-corrected chi connectivity index (χ2v) is 9.90. The molecule has 0 unspecified atom stereocenters. The highest BCUT2D eigenvalue weighted by molar-refractivity contribution is 7.99. The largest absolute Gasteiger partial charge is 0.497 e. The van der Waals surface area contributed by atoms with Gasteiger partial charge >= 0.3 is 0 Å². The quantitative estimate of drug-likeness (QED) is 0.185. The van der Waals surface area contributed by atoms with Crippen molar-refractivity contribution in [2.24, 2.45) is 0 Å².